The van der Waals surface area contributed by atoms with Crippen LogP contribution in [0.3, 0.4) is 0 Å². The maximum Gasteiger partial charge on any atom is 0.265 e. The van der Waals surface area contributed by atoms with Crippen LogP contribution < -0.4 is 16.6 Å². The first-order valence-corrected chi connectivity index (χ1v) is 12.1. The number of nitrogens with zero attached hydrogens (tertiary/aromatic N) is 1. The molecule has 4 N–H and O–H groups in total. The van der Waals surface area contributed by atoms with Gasteiger partial charge >= 0.3 is 0 Å². The van der Waals surface area contributed by atoms with Crippen molar-refractivity contribution >= 4 is 38.8 Å². The predicted molar refractivity (Wildman–Crippen MR) is 150 cm³/mol. The number of fused-ring (bicyclic) bond motifs is 2. The molecule has 0 aliphatic rings. The highest BCUT2D eigenvalue weighted by molar-refractivity contribution is 6.09. The minimum absolute atomic E-state index is 0.163. The average molecular weight is 490 g/mol. The number of carbonyl (C=O) groups is 1. The van der Waals surface area contributed by atoms with E-state index in [-0.39, 0.29) is 17.4 Å². The second-order valence-corrected chi connectivity index (χ2v) is 8.97. The number of nitrogens with two attached hydrogens (primary N) is 1. The number of nitrogens with one attached hydrogen (secondary N) is 1. The largest absolute Gasteiger partial charge is 0.506 e. The van der Waals surface area contributed by atoms with E-state index in [4.69, 9.17) is 5.73 Å². The quantitative estimate of drug-likeness (QED) is 0.149. The zero-order chi connectivity index (χ0) is 25.9. The lowest BCUT2D eigenvalue weighted by atomic mass is 10.0. The number of ketones is 1. The summed E-state index contributed by atoms with van der Waals surface area (Å²) >= 11 is 0. The molecule has 0 aliphatic carbocycles. The summed E-state index contributed by atoms with van der Waals surface area (Å²) in [5.74, 6) is -0.831. The molecule has 37 heavy (non-hydrogen) atoms. The van der Waals surface area contributed by atoms with Crippen molar-refractivity contribution in [2.45, 2.75) is 12.5 Å². The van der Waals surface area contributed by atoms with Crippen LogP contribution in [-0.2, 0) is 7.05 Å². The topological polar surface area (TPSA) is 97.4 Å². The summed E-state index contributed by atoms with van der Waals surface area (Å²) in [5, 5.41) is 16.8. The molecule has 1 atom stereocenters. The number of aryl methyl sites for hydroxylation is 1. The lowest BCUT2D eigenvalue weighted by Crippen LogP contribution is -2.24. The van der Waals surface area contributed by atoms with E-state index in [9.17, 15) is 14.7 Å². The average Bonchev–Trinajstić information content (AvgIpc) is 2.92. The third kappa shape index (κ3) is 4.57. The summed E-state index contributed by atoms with van der Waals surface area (Å²) in [4.78, 5) is 26.0. The molecule has 0 unspecified atom stereocenters. The van der Waals surface area contributed by atoms with E-state index in [1.165, 1.54) is 10.6 Å². The van der Waals surface area contributed by atoms with E-state index >= 15 is 0 Å². The molecule has 5 aromatic rings. The van der Waals surface area contributed by atoms with Crippen LogP contribution in [0.25, 0.3) is 21.7 Å². The maximum atomic E-state index is 13.1. The van der Waals surface area contributed by atoms with Crippen LogP contribution in [-0.4, -0.2) is 15.5 Å². The van der Waals surface area contributed by atoms with Crippen molar-refractivity contribution in [2.75, 3.05) is 11.1 Å². The molecule has 0 spiro atoms. The smallest absolute Gasteiger partial charge is 0.265 e. The van der Waals surface area contributed by atoms with E-state index in [0.717, 1.165) is 22.0 Å². The predicted octanol–water partition coefficient (Wildman–Crippen LogP) is 5.96. The highest BCUT2D eigenvalue weighted by Crippen LogP contribution is 2.33. The molecule has 6 nitrogen and oxygen atoms in total. The third-order valence-corrected chi connectivity index (χ3v) is 6.63. The van der Waals surface area contributed by atoms with Crippen molar-refractivity contribution in [3.63, 3.8) is 0 Å². The summed E-state index contributed by atoms with van der Waals surface area (Å²) in [5.41, 5.74) is 8.71. The van der Waals surface area contributed by atoms with Gasteiger partial charge in [0.1, 0.15) is 11.3 Å². The Morgan fingerprint density at radius 1 is 0.973 bits per heavy atom. The molecule has 0 saturated carbocycles. The molecule has 0 bridgehead atoms. The minimum Gasteiger partial charge on any atom is -0.506 e. The number of pyridine rings is 1. The van der Waals surface area contributed by atoms with Crippen LogP contribution in [0.2, 0.25) is 0 Å². The van der Waals surface area contributed by atoms with Crippen molar-refractivity contribution in [1.82, 2.24) is 4.57 Å². The Hall–Kier alpha value is -4.84. The van der Waals surface area contributed by atoms with Gasteiger partial charge in [-0.3, -0.25) is 9.59 Å². The third-order valence-electron chi connectivity index (χ3n) is 6.63. The van der Waals surface area contributed by atoms with Gasteiger partial charge in [0.2, 0.25) is 0 Å². The summed E-state index contributed by atoms with van der Waals surface area (Å²) < 4.78 is 1.38. The van der Waals surface area contributed by atoms with Gasteiger partial charge in [0, 0.05) is 29.2 Å². The van der Waals surface area contributed by atoms with Crippen molar-refractivity contribution < 1.29 is 9.90 Å². The number of benzene rings is 4. The number of hydrogen-bond donors (Lipinski definition) is 3. The highest BCUT2D eigenvalue weighted by atomic mass is 16.3. The Kier molecular flexibility index (Phi) is 6.47. The van der Waals surface area contributed by atoms with Gasteiger partial charge in [0.15, 0.2) is 5.78 Å². The van der Waals surface area contributed by atoms with Crippen molar-refractivity contribution in [2.24, 2.45) is 7.05 Å². The number of anilines is 2. The van der Waals surface area contributed by atoms with E-state index in [0.29, 0.717) is 23.0 Å². The Labute approximate surface area is 214 Å². The Morgan fingerprint density at radius 2 is 1.68 bits per heavy atom. The van der Waals surface area contributed by atoms with Crippen LogP contribution in [0.1, 0.15) is 28.4 Å². The first-order valence-electron chi connectivity index (χ1n) is 12.1. The molecule has 6 heteroatoms. The van der Waals surface area contributed by atoms with E-state index in [1.807, 2.05) is 66.7 Å². The van der Waals surface area contributed by atoms with Crippen molar-refractivity contribution in [1.29, 1.82) is 0 Å². The Morgan fingerprint density at radius 3 is 2.46 bits per heavy atom. The molecule has 0 amide bonds. The standard InChI is InChI=1S/C31H27N3O3/c1-34-26-18-6-5-14-22(26)30(36)29(31(34)37)27(35)19-9-16-24(20-10-3-2-4-11-20)33-25-17-8-13-21-12-7-15-23(32)28(21)25/h2-15,17-19,24,33,36H,16,32H2,1H3/b19-9+/t24-/m0/s1. The van der Waals surface area contributed by atoms with Crippen LogP contribution in [0.4, 0.5) is 11.4 Å². The second kappa shape index (κ2) is 10.0. The summed E-state index contributed by atoms with van der Waals surface area (Å²) in [6.45, 7) is 0. The summed E-state index contributed by atoms with van der Waals surface area (Å²) in [6, 6.07) is 28.5. The number of aromatic hydroxyl groups is 1. The number of aromatic nitrogens is 1. The molecule has 184 valence electrons. The van der Waals surface area contributed by atoms with Crippen LogP contribution in [0.15, 0.2) is 108 Å². The lowest BCUT2D eigenvalue weighted by molar-refractivity contribution is 0.104. The molecule has 0 aliphatic heterocycles. The van der Waals surface area contributed by atoms with Gasteiger partial charge in [-0.2, -0.15) is 0 Å². The van der Waals surface area contributed by atoms with Gasteiger partial charge in [-0.05, 0) is 47.7 Å². The molecular weight excluding hydrogens is 462 g/mol. The van der Waals surface area contributed by atoms with Gasteiger partial charge in [-0.15, -0.1) is 0 Å². The number of nitrogen functional groups attached to an aromatic ring is 1. The first kappa shape index (κ1) is 23.9. The fourth-order valence-corrected chi connectivity index (χ4v) is 4.74. The number of rotatable bonds is 7. The van der Waals surface area contributed by atoms with Crippen LogP contribution in [0.5, 0.6) is 5.75 Å². The highest BCUT2D eigenvalue weighted by Gasteiger charge is 2.19. The minimum atomic E-state index is -0.537. The lowest BCUT2D eigenvalue weighted by Gasteiger charge is -2.21. The number of hydrogen-bond acceptors (Lipinski definition) is 5. The molecule has 1 heterocycles. The number of para-hydroxylation sites is 1. The van der Waals surface area contributed by atoms with Gasteiger partial charge in [-0.25, -0.2) is 0 Å². The molecule has 1 aromatic heterocycles. The summed E-state index contributed by atoms with van der Waals surface area (Å²) in [7, 11) is 1.59. The van der Waals surface area contributed by atoms with Crippen molar-refractivity contribution in [3.8, 4) is 5.75 Å². The first-order chi connectivity index (χ1) is 18.0. The van der Waals surface area contributed by atoms with E-state index in [2.05, 4.69) is 5.32 Å². The number of allylic oxidation sites excluding steroid dienone is 1. The van der Waals surface area contributed by atoms with Crippen LogP contribution >= 0.6 is 0 Å². The van der Waals surface area contributed by atoms with Crippen LogP contribution in [0, 0.1) is 0 Å². The van der Waals surface area contributed by atoms with Gasteiger partial charge in [0.05, 0.1) is 11.6 Å². The molecule has 4 aromatic carbocycles. The SMILES string of the molecule is Cn1c(=O)c(C(=O)/C=C/C[C@H](Nc2cccc3cccc(N)c23)c2ccccc2)c(O)c2ccccc21. The monoisotopic (exact) mass is 489 g/mol. The molecule has 0 saturated heterocycles. The summed E-state index contributed by atoms with van der Waals surface area (Å²) in [6.07, 6.45) is 3.56. The second-order valence-electron chi connectivity index (χ2n) is 8.97. The maximum absolute atomic E-state index is 13.1. The van der Waals surface area contributed by atoms with Crippen molar-refractivity contribution in [3.05, 3.63) is 125 Å². The zero-order valence-corrected chi connectivity index (χ0v) is 20.4. The Bertz CT molecular complexity index is 1700. The van der Waals surface area contributed by atoms with Gasteiger partial charge < -0.3 is 20.7 Å². The van der Waals surface area contributed by atoms with E-state index < -0.39 is 11.3 Å². The fourth-order valence-electron chi connectivity index (χ4n) is 4.74. The molecular formula is C31H27N3O3. The normalized spacial score (nSPS) is 12.2. The fraction of sp³-hybridized carbons (Fsp3) is 0.0968. The molecule has 0 radical (unpaired) electrons. The zero-order valence-electron chi connectivity index (χ0n) is 20.4. The van der Waals surface area contributed by atoms with Gasteiger partial charge in [-0.1, -0.05) is 72.8 Å². The Balaban J connectivity index is 1.46. The van der Waals surface area contributed by atoms with Gasteiger partial charge in [0.25, 0.3) is 5.56 Å². The van der Waals surface area contributed by atoms with E-state index in [1.54, 1.807) is 37.4 Å². The molecule has 0 fully saturated rings. The number of carbonyl (C=O) groups excluding carboxylic acids is 1. The molecule has 5 rings (SSSR count).